The number of carbonyl (C=O) groups is 2. The van der Waals surface area contributed by atoms with Crippen LogP contribution in [-0.4, -0.2) is 23.5 Å². The van der Waals surface area contributed by atoms with Gasteiger partial charge in [-0.3, -0.25) is 9.59 Å². The molecule has 5 heteroatoms. The van der Waals surface area contributed by atoms with Crippen LogP contribution in [0.25, 0.3) is 0 Å². The smallest absolute Gasteiger partial charge is 0.308 e. The Morgan fingerprint density at radius 1 is 1.35 bits per heavy atom. The second-order valence-electron chi connectivity index (χ2n) is 5.31. The first-order chi connectivity index (χ1) is 9.32. The van der Waals surface area contributed by atoms with Crippen LogP contribution < -0.4 is 5.32 Å². The third-order valence-electron chi connectivity index (χ3n) is 3.05. The molecule has 4 nitrogen and oxygen atoms in total. The van der Waals surface area contributed by atoms with Crippen molar-refractivity contribution in [3.05, 3.63) is 35.1 Å². The Balaban J connectivity index is 2.70. The van der Waals surface area contributed by atoms with E-state index in [9.17, 15) is 14.0 Å². The van der Waals surface area contributed by atoms with Crippen LogP contribution in [0.1, 0.15) is 36.2 Å². The molecule has 0 saturated heterocycles. The van der Waals surface area contributed by atoms with Crippen LogP contribution >= 0.6 is 0 Å². The lowest BCUT2D eigenvalue weighted by Crippen LogP contribution is -2.34. The van der Waals surface area contributed by atoms with Gasteiger partial charge in [-0.15, -0.1) is 0 Å². The summed E-state index contributed by atoms with van der Waals surface area (Å²) in [6.07, 6.45) is 0.464. The minimum Gasteiger partial charge on any atom is -0.481 e. The maximum absolute atomic E-state index is 13.8. The number of carboxylic acids is 1. The number of benzene rings is 1. The van der Waals surface area contributed by atoms with Crippen molar-refractivity contribution in [2.24, 2.45) is 11.8 Å². The number of amides is 1. The SMILES string of the molecule is Cc1cccc(C(=O)NCC(CC(C)C)C(=O)O)c1F. The number of carboxylic acid groups (broad SMARTS) is 1. The van der Waals surface area contributed by atoms with E-state index in [2.05, 4.69) is 5.32 Å². The lowest BCUT2D eigenvalue weighted by Gasteiger charge is -2.15. The molecule has 0 spiro atoms. The van der Waals surface area contributed by atoms with Crippen LogP contribution in [0, 0.1) is 24.6 Å². The molecule has 0 bridgehead atoms. The molecule has 1 rings (SSSR count). The van der Waals surface area contributed by atoms with Gasteiger partial charge in [0.1, 0.15) is 5.82 Å². The molecule has 1 atom stereocenters. The average Bonchev–Trinajstić information content (AvgIpc) is 2.36. The minimum atomic E-state index is -0.955. The predicted molar refractivity (Wildman–Crippen MR) is 74.1 cm³/mol. The molecule has 20 heavy (non-hydrogen) atoms. The van der Waals surface area contributed by atoms with Crippen molar-refractivity contribution in [2.75, 3.05) is 6.54 Å². The molecule has 1 aromatic carbocycles. The fourth-order valence-corrected chi connectivity index (χ4v) is 1.97. The second kappa shape index (κ2) is 7.03. The number of hydrogen-bond donors (Lipinski definition) is 2. The first-order valence-corrected chi connectivity index (χ1v) is 6.59. The topological polar surface area (TPSA) is 66.4 Å². The molecule has 0 aromatic heterocycles. The molecule has 1 aromatic rings. The molecular weight excluding hydrogens is 261 g/mol. The van der Waals surface area contributed by atoms with Gasteiger partial charge in [-0.2, -0.15) is 0 Å². The normalized spacial score (nSPS) is 12.2. The molecule has 0 aliphatic carbocycles. The van der Waals surface area contributed by atoms with Crippen LogP contribution in [0.4, 0.5) is 4.39 Å². The maximum Gasteiger partial charge on any atom is 0.308 e. The predicted octanol–water partition coefficient (Wildman–Crippen LogP) is 2.61. The maximum atomic E-state index is 13.8. The molecule has 1 amide bonds. The van der Waals surface area contributed by atoms with Gasteiger partial charge in [-0.1, -0.05) is 26.0 Å². The Bertz CT molecular complexity index is 500. The minimum absolute atomic E-state index is 0.000269. The lowest BCUT2D eigenvalue weighted by molar-refractivity contribution is -0.142. The first-order valence-electron chi connectivity index (χ1n) is 6.59. The number of rotatable bonds is 6. The highest BCUT2D eigenvalue weighted by Crippen LogP contribution is 2.14. The van der Waals surface area contributed by atoms with Crippen molar-refractivity contribution in [1.82, 2.24) is 5.32 Å². The van der Waals surface area contributed by atoms with Crippen molar-refractivity contribution in [3.63, 3.8) is 0 Å². The van der Waals surface area contributed by atoms with Crippen molar-refractivity contribution < 1.29 is 19.1 Å². The Labute approximate surface area is 118 Å². The Hall–Kier alpha value is -1.91. The fourth-order valence-electron chi connectivity index (χ4n) is 1.97. The second-order valence-corrected chi connectivity index (χ2v) is 5.31. The van der Waals surface area contributed by atoms with E-state index in [1.54, 1.807) is 19.1 Å². The number of nitrogens with one attached hydrogen (secondary N) is 1. The van der Waals surface area contributed by atoms with Gasteiger partial charge >= 0.3 is 5.97 Å². The van der Waals surface area contributed by atoms with Crippen molar-refractivity contribution in [3.8, 4) is 0 Å². The summed E-state index contributed by atoms with van der Waals surface area (Å²) in [5.74, 6) is -2.55. The number of hydrogen-bond acceptors (Lipinski definition) is 2. The van der Waals surface area contributed by atoms with Crippen LogP contribution in [0.3, 0.4) is 0 Å². The van der Waals surface area contributed by atoms with Gasteiger partial charge < -0.3 is 10.4 Å². The van der Waals surface area contributed by atoms with Crippen molar-refractivity contribution in [1.29, 1.82) is 0 Å². The molecule has 0 aliphatic heterocycles. The summed E-state index contributed by atoms with van der Waals surface area (Å²) >= 11 is 0. The van der Waals surface area contributed by atoms with Crippen LogP contribution in [0.5, 0.6) is 0 Å². The molecule has 2 N–H and O–H groups in total. The average molecular weight is 281 g/mol. The number of aliphatic carboxylic acids is 1. The van der Waals surface area contributed by atoms with E-state index in [0.29, 0.717) is 12.0 Å². The molecule has 1 unspecified atom stereocenters. The van der Waals surface area contributed by atoms with E-state index >= 15 is 0 Å². The van der Waals surface area contributed by atoms with E-state index in [-0.39, 0.29) is 18.0 Å². The highest BCUT2D eigenvalue weighted by atomic mass is 19.1. The van der Waals surface area contributed by atoms with E-state index in [0.717, 1.165) is 0 Å². The Kier molecular flexibility index (Phi) is 5.67. The highest BCUT2D eigenvalue weighted by Gasteiger charge is 2.21. The number of halogens is 1. The first kappa shape index (κ1) is 16.1. The zero-order valence-corrected chi connectivity index (χ0v) is 11.9. The molecular formula is C15H20FNO3. The molecule has 110 valence electrons. The monoisotopic (exact) mass is 281 g/mol. The Morgan fingerprint density at radius 3 is 2.55 bits per heavy atom. The third kappa shape index (κ3) is 4.33. The summed E-state index contributed by atoms with van der Waals surface area (Å²) in [6.45, 7) is 5.40. The van der Waals surface area contributed by atoms with Crippen molar-refractivity contribution in [2.45, 2.75) is 27.2 Å². The summed E-state index contributed by atoms with van der Waals surface area (Å²) in [4.78, 5) is 23.0. The fraction of sp³-hybridized carbons (Fsp3) is 0.467. The molecule has 0 saturated carbocycles. The Morgan fingerprint density at radius 2 is 2.00 bits per heavy atom. The standard InChI is InChI=1S/C15H20FNO3/c1-9(2)7-11(15(19)20)8-17-14(18)12-6-4-5-10(3)13(12)16/h4-6,9,11H,7-8H2,1-3H3,(H,17,18)(H,19,20). The van der Waals surface area contributed by atoms with E-state index in [4.69, 9.17) is 5.11 Å². The van der Waals surface area contributed by atoms with Gasteiger partial charge in [0.15, 0.2) is 0 Å². The van der Waals surface area contributed by atoms with Crippen LogP contribution in [0.2, 0.25) is 0 Å². The zero-order valence-electron chi connectivity index (χ0n) is 11.9. The van der Waals surface area contributed by atoms with E-state index in [1.165, 1.54) is 6.07 Å². The number of carbonyl (C=O) groups excluding carboxylic acids is 1. The molecule has 0 radical (unpaired) electrons. The molecule has 0 aliphatic rings. The van der Waals surface area contributed by atoms with E-state index < -0.39 is 23.6 Å². The molecule has 0 heterocycles. The largest absolute Gasteiger partial charge is 0.481 e. The lowest BCUT2D eigenvalue weighted by atomic mass is 9.97. The van der Waals surface area contributed by atoms with Crippen LogP contribution in [0.15, 0.2) is 18.2 Å². The number of aryl methyl sites for hydroxylation is 1. The van der Waals surface area contributed by atoms with Gasteiger partial charge in [0, 0.05) is 6.54 Å². The summed E-state index contributed by atoms with van der Waals surface area (Å²) in [7, 11) is 0. The van der Waals surface area contributed by atoms with Crippen LogP contribution in [-0.2, 0) is 4.79 Å². The summed E-state index contributed by atoms with van der Waals surface area (Å²) < 4.78 is 13.8. The summed E-state index contributed by atoms with van der Waals surface area (Å²) in [5, 5.41) is 11.6. The van der Waals surface area contributed by atoms with Gasteiger partial charge in [0.25, 0.3) is 5.91 Å². The van der Waals surface area contributed by atoms with Crippen molar-refractivity contribution >= 4 is 11.9 Å². The third-order valence-corrected chi connectivity index (χ3v) is 3.05. The highest BCUT2D eigenvalue weighted by molar-refractivity contribution is 5.94. The summed E-state index contributed by atoms with van der Waals surface area (Å²) in [6, 6.07) is 4.55. The summed E-state index contributed by atoms with van der Waals surface area (Å²) in [5.41, 5.74) is 0.327. The van der Waals surface area contributed by atoms with E-state index in [1.807, 2.05) is 13.8 Å². The van der Waals surface area contributed by atoms with Gasteiger partial charge in [0.05, 0.1) is 11.5 Å². The quantitative estimate of drug-likeness (QED) is 0.842. The zero-order chi connectivity index (χ0) is 15.3. The van der Waals surface area contributed by atoms with Gasteiger partial charge in [0.2, 0.25) is 0 Å². The van der Waals surface area contributed by atoms with Gasteiger partial charge in [-0.25, -0.2) is 4.39 Å². The van der Waals surface area contributed by atoms with Gasteiger partial charge in [-0.05, 0) is 30.9 Å². The molecule has 0 fully saturated rings.